The summed E-state index contributed by atoms with van der Waals surface area (Å²) < 4.78 is 34.6. The molecule has 0 amide bonds. The summed E-state index contributed by atoms with van der Waals surface area (Å²) in [5.41, 5.74) is 2.02. The number of imidazole rings is 1. The number of aromatic nitrogens is 3. The third-order valence-corrected chi connectivity index (χ3v) is 3.40. The molecule has 1 aliphatic heterocycles. The first-order chi connectivity index (χ1) is 10.3. The zero-order valence-electron chi connectivity index (χ0n) is 11.1. The van der Waals surface area contributed by atoms with Gasteiger partial charge in [-0.3, -0.25) is 0 Å². The van der Waals surface area contributed by atoms with Crippen molar-refractivity contribution in [2.75, 3.05) is 6.54 Å². The molecular formula is C12H12BrF3N4O2. The quantitative estimate of drug-likeness (QED) is 0.794. The number of alkyl halides is 3. The van der Waals surface area contributed by atoms with Gasteiger partial charge in [-0.05, 0) is 35.3 Å². The summed E-state index contributed by atoms with van der Waals surface area (Å²) in [5, 5.41) is 10.6. The Bertz CT molecular complexity index is 668. The molecule has 1 fully saturated rings. The molecule has 0 unspecified atom stereocenters. The summed E-state index contributed by atoms with van der Waals surface area (Å²) in [7, 11) is 0. The fraction of sp³-hybridized carbons (Fsp3) is 0.417. The van der Waals surface area contributed by atoms with Crippen molar-refractivity contribution in [3.8, 4) is 0 Å². The second-order valence-electron chi connectivity index (χ2n) is 4.59. The number of carboxylic acid groups (broad SMARTS) is 1. The van der Waals surface area contributed by atoms with Gasteiger partial charge in [-0.25, -0.2) is 14.8 Å². The minimum atomic E-state index is -5.08. The predicted molar refractivity (Wildman–Crippen MR) is 74.4 cm³/mol. The number of hydrogen-bond donors (Lipinski definition) is 2. The highest BCUT2D eigenvalue weighted by Gasteiger charge is 2.38. The largest absolute Gasteiger partial charge is 0.490 e. The highest BCUT2D eigenvalue weighted by molar-refractivity contribution is 9.10. The van der Waals surface area contributed by atoms with E-state index in [1.807, 2.05) is 10.6 Å². The lowest BCUT2D eigenvalue weighted by Crippen LogP contribution is -2.21. The van der Waals surface area contributed by atoms with E-state index in [-0.39, 0.29) is 0 Å². The third-order valence-electron chi connectivity index (χ3n) is 2.99. The number of nitrogens with one attached hydrogen (secondary N) is 1. The molecule has 0 radical (unpaired) electrons. The maximum Gasteiger partial charge on any atom is 0.490 e. The van der Waals surface area contributed by atoms with Crippen LogP contribution < -0.4 is 5.32 Å². The van der Waals surface area contributed by atoms with Crippen LogP contribution >= 0.6 is 15.9 Å². The molecule has 3 rings (SSSR count). The van der Waals surface area contributed by atoms with Crippen molar-refractivity contribution in [1.82, 2.24) is 19.7 Å². The van der Waals surface area contributed by atoms with Gasteiger partial charge < -0.3 is 14.8 Å². The number of fused-ring (bicyclic) bond motifs is 1. The van der Waals surface area contributed by atoms with Crippen LogP contribution in [0.5, 0.6) is 0 Å². The number of halogens is 4. The zero-order chi connectivity index (χ0) is 16.3. The van der Waals surface area contributed by atoms with Gasteiger partial charge in [0.25, 0.3) is 0 Å². The molecule has 3 heterocycles. The Morgan fingerprint density at radius 1 is 1.45 bits per heavy atom. The molecule has 2 aromatic rings. The second-order valence-corrected chi connectivity index (χ2v) is 5.41. The SMILES string of the molecule is Brc1cn2cc([C@H]3CCCN3)nc2cn1.O=C(O)C(F)(F)F. The van der Waals surface area contributed by atoms with E-state index >= 15 is 0 Å². The lowest BCUT2D eigenvalue weighted by atomic mass is 10.2. The Hall–Kier alpha value is -1.68. The van der Waals surface area contributed by atoms with Gasteiger partial charge in [-0.15, -0.1) is 0 Å². The van der Waals surface area contributed by atoms with Crippen molar-refractivity contribution in [2.24, 2.45) is 0 Å². The number of carboxylic acids is 1. The van der Waals surface area contributed by atoms with E-state index in [2.05, 4.69) is 37.4 Å². The topological polar surface area (TPSA) is 79.5 Å². The first kappa shape index (κ1) is 16.7. The van der Waals surface area contributed by atoms with Crippen LogP contribution in [0.4, 0.5) is 13.2 Å². The van der Waals surface area contributed by atoms with Gasteiger partial charge in [0, 0.05) is 12.4 Å². The fourth-order valence-electron chi connectivity index (χ4n) is 2.00. The van der Waals surface area contributed by atoms with Crippen LogP contribution in [-0.4, -0.2) is 38.2 Å². The number of aliphatic carboxylic acids is 1. The fourth-order valence-corrected chi connectivity index (χ4v) is 2.32. The normalized spacial score (nSPS) is 18.1. The summed E-state index contributed by atoms with van der Waals surface area (Å²) in [4.78, 5) is 17.6. The van der Waals surface area contributed by atoms with E-state index in [9.17, 15) is 13.2 Å². The van der Waals surface area contributed by atoms with Crippen LogP contribution in [0.25, 0.3) is 5.65 Å². The minimum Gasteiger partial charge on any atom is -0.475 e. The number of rotatable bonds is 1. The molecule has 120 valence electrons. The van der Waals surface area contributed by atoms with E-state index < -0.39 is 12.1 Å². The van der Waals surface area contributed by atoms with E-state index in [1.165, 1.54) is 12.8 Å². The number of hydrogen-bond acceptors (Lipinski definition) is 4. The molecule has 1 aliphatic rings. The van der Waals surface area contributed by atoms with Gasteiger partial charge in [0.15, 0.2) is 5.65 Å². The molecule has 0 spiro atoms. The molecule has 0 aliphatic carbocycles. The van der Waals surface area contributed by atoms with Crippen molar-refractivity contribution in [3.63, 3.8) is 0 Å². The lowest BCUT2D eigenvalue weighted by molar-refractivity contribution is -0.192. The van der Waals surface area contributed by atoms with E-state index in [1.54, 1.807) is 6.20 Å². The monoisotopic (exact) mass is 380 g/mol. The van der Waals surface area contributed by atoms with Crippen molar-refractivity contribution in [1.29, 1.82) is 0 Å². The van der Waals surface area contributed by atoms with Crippen molar-refractivity contribution < 1.29 is 23.1 Å². The smallest absolute Gasteiger partial charge is 0.475 e. The molecule has 1 saturated heterocycles. The number of nitrogens with zero attached hydrogens (tertiary/aromatic N) is 3. The van der Waals surface area contributed by atoms with Crippen molar-refractivity contribution in [2.45, 2.75) is 25.1 Å². The summed E-state index contributed by atoms with van der Waals surface area (Å²) >= 11 is 3.35. The number of carbonyl (C=O) groups is 1. The average molecular weight is 381 g/mol. The van der Waals surface area contributed by atoms with Gasteiger partial charge in [0.2, 0.25) is 0 Å². The second kappa shape index (κ2) is 6.61. The Balaban J connectivity index is 0.000000217. The first-order valence-electron chi connectivity index (χ1n) is 6.31. The van der Waals surface area contributed by atoms with Gasteiger partial charge in [0.1, 0.15) is 4.60 Å². The summed E-state index contributed by atoms with van der Waals surface area (Å²) in [6, 6.07) is 0.420. The van der Waals surface area contributed by atoms with Crippen LogP contribution in [-0.2, 0) is 4.79 Å². The minimum absolute atomic E-state index is 0.420. The van der Waals surface area contributed by atoms with Crippen molar-refractivity contribution >= 4 is 27.5 Å². The first-order valence-corrected chi connectivity index (χ1v) is 7.10. The molecular weight excluding hydrogens is 369 g/mol. The van der Waals surface area contributed by atoms with Crippen LogP contribution in [0.1, 0.15) is 24.6 Å². The summed E-state index contributed by atoms with van der Waals surface area (Å²) in [6.45, 7) is 1.10. The Morgan fingerprint density at radius 2 is 2.14 bits per heavy atom. The lowest BCUT2D eigenvalue weighted by Gasteiger charge is -2.03. The standard InChI is InChI=1S/C10H11BrN4.C2HF3O2/c11-9-6-15-5-8(7-2-1-3-12-7)14-10(15)4-13-9;3-2(4,5)1(6)7/h4-7,12H,1-3H2;(H,6,7)/t7-;/m1./s1. The molecule has 0 bridgehead atoms. The average Bonchev–Trinajstić information content (AvgIpc) is 3.06. The molecule has 0 aromatic carbocycles. The highest BCUT2D eigenvalue weighted by atomic mass is 79.9. The van der Waals surface area contributed by atoms with E-state index in [4.69, 9.17) is 9.90 Å². The maximum atomic E-state index is 10.6. The van der Waals surface area contributed by atoms with Crippen molar-refractivity contribution in [3.05, 3.63) is 28.9 Å². The molecule has 2 N–H and O–H groups in total. The van der Waals surface area contributed by atoms with Crippen LogP contribution in [0.15, 0.2) is 23.2 Å². The summed E-state index contributed by atoms with van der Waals surface area (Å²) in [6.07, 6.45) is 3.12. The predicted octanol–water partition coefficient (Wildman–Crippen LogP) is 2.55. The highest BCUT2D eigenvalue weighted by Crippen LogP contribution is 2.22. The van der Waals surface area contributed by atoms with E-state index in [0.717, 1.165) is 22.5 Å². The van der Waals surface area contributed by atoms with Crippen LogP contribution in [0.2, 0.25) is 0 Å². The molecule has 10 heteroatoms. The maximum absolute atomic E-state index is 10.6. The van der Waals surface area contributed by atoms with Gasteiger partial charge in [-0.1, -0.05) is 0 Å². The van der Waals surface area contributed by atoms with Crippen LogP contribution in [0, 0.1) is 0 Å². The summed E-state index contributed by atoms with van der Waals surface area (Å²) in [5.74, 6) is -2.76. The molecule has 6 nitrogen and oxygen atoms in total. The zero-order valence-corrected chi connectivity index (χ0v) is 12.7. The van der Waals surface area contributed by atoms with E-state index in [0.29, 0.717) is 6.04 Å². The van der Waals surface area contributed by atoms with Gasteiger partial charge in [-0.2, -0.15) is 13.2 Å². The Morgan fingerprint density at radius 3 is 2.68 bits per heavy atom. The van der Waals surface area contributed by atoms with Gasteiger partial charge in [0.05, 0.1) is 17.9 Å². The Kier molecular flexibility index (Phi) is 5.01. The molecule has 1 atom stereocenters. The molecule has 22 heavy (non-hydrogen) atoms. The van der Waals surface area contributed by atoms with Gasteiger partial charge >= 0.3 is 12.1 Å². The third kappa shape index (κ3) is 4.17. The molecule has 0 saturated carbocycles. The molecule has 2 aromatic heterocycles. The Labute approximate surface area is 131 Å². The van der Waals surface area contributed by atoms with Crippen LogP contribution in [0.3, 0.4) is 0 Å².